The topological polar surface area (TPSA) is 46.9 Å². The van der Waals surface area contributed by atoms with Crippen LogP contribution < -0.4 is 5.32 Å². The number of rotatable bonds is 7. The average Bonchev–Trinajstić information content (AvgIpc) is 3.25. The predicted octanol–water partition coefficient (Wildman–Crippen LogP) is 6.29. The van der Waals surface area contributed by atoms with Gasteiger partial charge in [-0.05, 0) is 31.4 Å². The van der Waals surface area contributed by atoms with E-state index < -0.39 is 0 Å². The highest BCUT2D eigenvalue weighted by atomic mass is 16.2. The summed E-state index contributed by atoms with van der Waals surface area (Å²) < 4.78 is 2.02. The van der Waals surface area contributed by atoms with Gasteiger partial charge in [0, 0.05) is 17.7 Å². The second-order valence-corrected chi connectivity index (χ2v) is 7.90. The zero-order valence-corrected chi connectivity index (χ0v) is 18.9. The van der Waals surface area contributed by atoms with Gasteiger partial charge in [-0.25, -0.2) is 4.98 Å². The molecule has 4 aromatic rings. The highest BCUT2D eigenvalue weighted by Gasteiger charge is 2.25. The van der Waals surface area contributed by atoms with Gasteiger partial charge in [-0.2, -0.15) is 0 Å². The van der Waals surface area contributed by atoms with Crippen molar-refractivity contribution < 1.29 is 4.79 Å². The van der Waals surface area contributed by atoms with E-state index in [0.29, 0.717) is 17.9 Å². The molecule has 0 saturated heterocycles. The number of nitrogens with zero attached hydrogens (tertiary/aromatic N) is 2. The largest absolute Gasteiger partial charge is 0.344 e. The van der Waals surface area contributed by atoms with Crippen molar-refractivity contribution in [2.45, 2.75) is 39.8 Å². The molecule has 0 aliphatic carbocycles. The highest BCUT2D eigenvalue weighted by Crippen LogP contribution is 2.30. The molecule has 0 bridgehead atoms. The van der Waals surface area contributed by atoms with Crippen LogP contribution in [0.4, 0.5) is 0 Å². The van der Waals surface area contributed by atoms with E-state index in [4.69, 9.17) is 4.98 Å². The third-order valence-corrected chi connectivity index (χ3v) is 5.81. The van der Waals surface area contributed by atoms with Crippen molar-refractivity contribution in [3.8, 4) is 22.6 Å². The lowest BCUT2D eigenvalue weighted by atomic mass is 10.1. The van der Waals surface area contributed by atoms with Crippen LogP contribution in [0.2, 0.25) is 0 Å². The number of hydrogen-bond acceptors (Lipinski definition) is 2. The van der Waals surface area contributed by atoms with Crippen LogP contribution in [0.1, 0.15) is 48.4 Å². The van der Waals surface area contributed by atoms with E-state index in [1.807, 2.05) is 72.2 Å². The maximum absolute atomic E-state index is 13.6. The van der Waals surface area contributed by atoms with Gasteiger partial charge in [0.05, 0.1) is 6.04 Å². The summed E-state index contributed by atoms with van der Waals surface area (Å²) >= 11 is 0. The van der Waals surface area contributed by atoms with Crippen LogP contribution in [0.25, 0.3) is 22.6 Å². The van der Waals surface area contributed by atoms with E-state index in [1.165, 1.54) is 5.56 Å². The molecule has 0 saturated carbocycles. The van der Waals surface area contributed by atoms with Gasteiger partial charge in [0.2, 0.25) is 0 Å². The molecule has 4 heteroatoms. The molecule has 0 aliphatic heterocycles. The Morgan fingerprint density at radius 1 is 0.875 bits per heavy atom. The lowest BCUT2D eigenvalue weighted by Crippen LogP contribution is -2.29. The molecule has 4 nitrogen and oxygen atoms in total. The molecule has 1 N–H and O–H groups in total. The van der Waals surface area contributed by atoms with E-state index in [-0.39, 0.29) is 11.9 Å². The van der Waals surface area contributed by atoms with E-state index in [9.17, 15) is 4.79 Å². The molecule has 1 atom stereocenters. The maximum atomic E-state index is 13.6. The van der Waals surface area contributed by atoms with Gasteiger partial charge in [-0.1, -0.05) is 91.9 Å². The maximum Gasteiger partial charge on any atom is 0.270 e. The number of aromatic nitrogens is 2. The second kappa shape index (κ2) is 9.65. The van der Waals surface area contributed by atoms with Crippen molar-refractivity contribution in [3.63, 3.8) is 0 Å². The van der Waals surface area contributed by atoms with Crippen LogP contribution in [0.3, 0.4) is 0 Å². The number of benzene rings is 3. The van der Waals surface area contributed by atoms with Gasteiger partial charge in [0.25, 0.3) is 5.91 Å². The smallest absolute Gasteiger partial charge is 0.270 e. The minimum atomic E-state index is -0.118. The molecular formula is C28H29N3O. The molecule has 32 heavy (non-hydrogen) atoms. The Kier molecular flexibility index (Phi) is 6.50. The number of amides is 1. The Hall–Kier alpha value is -3.66. The first-order valence-corrected chi connectivity index (χ1v) is 11.2. The summed E-state index contributed by atoms with van der Waals surface area (Å²) in [6.45, 7) is 6.84. The Balaban J connectivity index is 1.81. The summed E-state index contributed by atoms with van der Waals surface area (Å²) in [7, 11) is 0. The van der Waals surface area contributed by atoms with E-state index in [2.05, 4.69) is 43.4 Å². The zero-order valence-electron chi connectivity index (χ0n) is 18.9. The van der Waals surface area contributed by atoms with Gasteiger partial charge in [0.1, 0.15) is 17.2 Å². The molecule has 0 spiro atoms. The molecule has 1 amide bonds. The molecule has 3 aromatic carbocycles. The summed E-state index contributed by atoms with van der Waals surface area (Å²) in [5.74, 6) is 0.688. The first kappa shape index (κ1) is 21.6. The fourth-order valence-electron chi connectivity index (χ4n) is 3.99. The van der Waals surface area contributed by atoms with E-state index >= 15 is 0 Å². The van der Waals surface area contributed by atoms with E-state index in [0.717, 1.165) is 28.9 Å². The molecule has 0 fully saturated rings. The standard InChI is InChI=1S/C28H29N3O/c1-4-21-16-18-23(19-17-21)25-26(28(32)29-20(3)22-12-8-6-9-13-22)31(5-2)27(30-25)24-14-10-7-11-15-24/h6-20H,4-5H2,1-3H3,(H,29,32)/t20-/m0/s1. The van der Waals surface area contributed by atoms with Crippen LogP contribution in [0, 0.1) is 0 Å². The zero-order chi connectivity index (χ0) is 22.5. The van der Waals surface area contributed by atoms with Crippen molar-refractivity contribution in [1.82, 2.24) is 14.9 Å². The normalized spacial score (nSPS) is 11.8. The van der Waals surface area contributed by atoms with E-state index in [1.54, 1.807) is 0 Å². The summed E-state index contributed by atoms with van der Waals surface area (Å²) in [4.78, 5) is 18.6. The number of imidazole rings is 1. The molecule has 1 aromatic heterocycles. The fraction of sp³-hybridized carbons (Fsp3) is 0.214. The first-order chi connectivity index (χ1) is 15.6. The molecule has 0 aliphatic rings. The third-order valence-electron chi connectivity index (χ3n) is 5.81. The second-order valence-electron chi connectivity index (χ2n) is 7.90. The quantitative estimate of drug-likeness (QED) is 0.380. The monoisotopic (exact) mass is 423 g/mol. The Morgan fingerprint density at radius 3 is 2.09 bits per heavy atom. The van der Waals surface area contributed by atoms with Crippen molar-refractivity contribution >= 4 is 5.91 Å². The van der Waals surface area contributed by atoms with Gasteiger partial charge in [0.15, 0.2) is 0 Å². The summed E-state index contributed by atoms with van der Waals surface area (Å²) in [5.41, 5.74) is 5.58. The Morgan fingerprint density at radius 2 is 1.50 bits per heavy atom. The fourth-order valence-corrected chi connectivity index (χ4v) is 3.99. The Bertz CT molecular complexity index is 1180. The van der Waals surface area contributed by atoms with Crippen LogP contribution in [-0.4, -0.2) is 15.5 Å². The van der Waals surface area contributed by atoms with Crippen molar-refractivity contribution in [3.05, 3.63) is 102 Å². The molecule has 1 heterocycles. The van der Waals surface area contributed by atoms with Crippen molar-refractivity contribution in [2.75, 3.05) is 0 Å². The number of nitrogens with one attached hydrogen (secondary N) is 1. The number of carbonyl (C=O) groups is 1. The van der Waals surface area contributed by atoms with Gasteiger partial charge >= 0.3 is 0 Å². The van der Waals surface area contributed by atoms with Crippen LogP contribution >= 0.6 is 0 Å². The molecular weight excluding hydrogens is 394 g/mol. The lowest BCUT2D eigenvalue weighted by Gasteiger charge is -2.16. The molecule has 4 rings (SSSR count). The van der Waals surface area contributed by atoms with Crippen molar-refractivity contribution in [2.24, 2.45) is 0 Å². The van der Waals surface area contributed by atoms with Crippen LogP contribution in [-0.2, 0) is 13.0 Å². The number of carbonyl (C=O) groups excluding carboxylic acids is 1. The van der Waals surface area contributed by atoms with Crippen molar-refractivity contribution in [1.29, 1.82) is 0 Å². The van der Waals surface area contributed by atoms with Crippen LogP contribution in [0.5, 0.6) is 0 Å². The number of hydrogen-bond donors (Lipinski definition) is 1. The summed E-state index contributed by atoms with van der Waals surface area (Å²) in [5, 5.41) is 3.18. The summed E-state index contributed by atoms with van der Waals surface area (Å²) in [6, 6.07) is 28.3. The predicted molar refractivity (Wildman–Crippen MR) is 130 cm³/mol. The van der Waals surface area contributed by atoms with Gasteiger partial charge in [-0.3, -0.25) is 4.79 Å². The Labute approximate surface area is 190 Å². The number of aryl methyl sites for hydroxylation is 1. The first-order valence-electron chi connectivity index (χ1n) is 11.2. The molecule has 162 valence electrons. The summed E-state index contributed by atoms with van der Waals surface area (Å²) in [6.07, 6.45) is 0.973. The lowest BCUT2D eigenvalue weighted by molar-refractivity contribution is 0.0931. The third kappa shape index (κ3) is 4.35. The highest BCUT2D eigenvalue weighted by molar-refractivity contribution is 5.99. The molecule has 0 unspecified atom stereocenters. The minimum absolute atomic E-state index is 0.112. The minimum Gasteiger partial charge on any atom is -0.344 e. The van der Waals surface area contributed by atoms with Gasteiger partial charge in [-0.15, -0.1) is 0 Å². The van der Waals surface area contributed by atoms with Gasteiger partial charge < -0.3 is 9.88 Å². The van der Waals surface area contributed by atoms with Crippen LogP contribution in [0.15, 0.2) is 84.9 Å². The molecule has 0 radical (unpaired) electrons. The average molecular weight is 424 g/mol. The SMILES string of the molecule is CCc1ccc(-c2nc(-c3ccccc3)n(CC)c2C(=O)N[C@@H](C)c2ccccc2)cc1.